The summed E-state index contributed by atoms with van der Waals surface area (Å²) in [6.07, 6.45) is 1.41. The molecule has 0 unspecified atom stereocenters. The standard InChI is InChI=1S/C11H21F3N4O/c12-11(13,14)8-19-7-6-16-10(18-15)17-9-4-2-1-3-5-9/h9H,1-8,15H2,(H2,16,17,18). The van der Waals surface area contributed by atoms with Crippen LogP contribution in [0.15, 0.2) is 4.99 Å². The molecule has 0 aromatic rings. The van der Waals surface area contributed by atoms with Crippen LogP contribution in [0.25, 0.3) is 0 Å². The van der Waals surface area contributed by atoms with Gasteiger partial charge in [0.15, 0.2) is 0 Å². The molecule has 112 valence electrons. The van der Waals surface area contributed by atoms with E-state index in [1.807, 2.05) is 0 Å². The highest BCUT2D eigenvalue weighted by Crippen LogP contribution is 2.17. The van der Waals surface area contributed by atoms with Crippen LogP contribution >= 0.6 is 0 Å². The largest absolute Gasteiger partial charge is 0.411 e. The zero-order valence-corrected chi connectivity index (χ0v) is 10.8. The summed E-state index contributed by atoms with van der Waals surface area (Å²) in [5.41, 5.74) is 2.42. The molecule has 1 aliphatic rings. The van der Waals surface area contributed by atoms with Crippen LogP contribution in [-0.2, 0) is 4.74 Å². The van der Waals surface area contributed by atoms with E-state index in [1.165, 1.54) is 19.3 Å². The highest BCUT2D eigenvalue weighted by Gasteiger charge is 2.27. The second-order valence-corrected chi connectivity index (χ2v) is 4.52. The number of ether oxygens (including phenoxy) is 1. The first-order chi connectivity index (χ1) is 9.01. The topological polar surface area (TPSA) is 71.7 Å². The molecule has 8 heteroatoms. The van der Waals surface area contributed by atoms with E-state index in [-0.39, 0.29) is 13.2 Å². The fourth-order valence-electron chi connectivity index (χ4n) is 1.98. The Labute approximate surface area is 110 Å². The molecule has 0 bridgehead atoms. The zero-order chi connectivity index (χ0) is 14.1. The van der Waals surface area contributed by atoms with Crippen molar-refractivity contribution < 1.29 is 17.9 Å². The summed E-state index contributed by atoms with van der Waals surface area (Å²) < 4.78 is 39.9. The third kappa shape index (κ3) is 7.89. The van der Waals surface area contributed by atoms with E-state index in [9.17, 15) is 13.2 Å². The maximum Gasteiger partial charge on any atom is 0.411 e. The number of hydrogen-bond donors (Lipinski definition) is 3. The van der Waals surface area contributed by atoms with Gasteiger partial charge in [-0.3, -0.25) is 5.43 Å². The van der Waals surface area contributed by atoms with E-state index in [1.54, 1.807) is 0 Å². The first-order valence-electron chi connectivity index (χ1n) is 6.43. The van der Waals surface area contributed by atoms with Crippen molar-refractivity contribution in [1.82, 2.24) is 10.7 Å². The van der Waals surface area contributed by atoms with Crippen molar-refractivity contribution in [2.75, 3.05) is 19.8 Å². The van der Waals surface area contributed by atoms with Crippen molar-refractivity contribution >= 4 is 5.96 Å². The van der Waals surface area contributed by atoms with Gasteiger partial charge in [-0.05, 0) is 12.8 Å². The number of nitrogens with one attached hydrogen (secondary N) is 2. The van der Waals surface area contributed by atoms with Crippen LogP contribution in [0.1, 0.15) is 32.1 Å². The Morgan fingerprint density at radius 3 is 2.53 bits per heavy atom. The molecule has 0 aromatic carbocycles. The zero-order valence-electron chi connectivity index (χ0n) is 10.8. The molecule has 0 heterocycles. The number of rotatable bonds is 5. The molecule has 5 nitrogen and oxygen atoms in total. The number of hydrogen-bond acceptors (Lipinski definition) is 3. The van der Waals surface area contributed by atoms with E-state index >= 15 is 0 Å². The lowest BCUT2D eigenvalue weighted by atomic mass is 9.96. The van der Waals surface area contributed by atoms with E-state index in [0.29, 0.717) is 12.0 Å². The van der Waals surface area contributed by atoms with Gasteiger partial charge < -0.3 is 10.1 Å². The molecule has 1 rings (SSSR count). The van der Waals surface area contributed by atoms with Gasteiger partial charge in [-0.15, -0.1) is 0 Å². The van der Waals surface area contributed by atoms with Crippen molar-refractivity contribution in [1.29, 1.82) is 0 Å². The molecule has 0 saturated heterocycles. The third-order valence-corrected chi connectivity index (χ3v) is 2.85. The Morgan fingerprint density at radius 2 is 1.95 bits per heavy atom. The maximum atomic E-state index is 11.8. The third-order valence-electron chi connectivity index (χ3n) is 2.85. The van der Waals surface area contributed by atoms with Crippen molar-refractivity contribution in [2.45, 2.75) is 44.3 Å². The van der Waals surface area contributed by atoms with Gasteiger partial charge in [0.1, 0.15) is 6.61 Å². The normalized spacial score (nSPS) is 18.4. The van der Waals surface area contributed by atoms with Gasteiger partial charge in [0.05, 0.1) is 13.2 Å². The smallest absolute Gasteiger partial charge is 0.370 e. The molecule has 0 aromatic heterocycles. The van der Waals surface area contributed by atoms with Crippen LogP contribution in [0.2, 0.25) is 0 Å². The minimum absolute atomic E-state index is 0.0863. The van der Waals surface area contributed by atoms with Crippen LogP contribution in [-0.4, -0.2) is 37.9 Å². The summed E-state index contributed by atoms with van der Waals surface area (Å²) in [6.45, 7) is -1.20. The molecule has 0 amide bonds. The molecule has 0 radical (unpaired) electrons. The summed E-state index contributed by atoms with van der Waals surface area (Å²) >= 11 is 0. The SMILES string of the molecule is NNC(=NCCOCC(F)(F)F)NC1CCCCC1. The fourth-order valence-corrected chi connectivity index (χ4v) is 1.98. The summed E-state index contributed by atoms with van der Waals surface area (Å²) in [5.74, 6) is 5.71. The van der Waals surface area contributed by atoms with Crippen LogP contribution in [0.5, 0.6) is 0 Å². The Kier molecular flexibility index (Phi) is 6.93. The first-order valence-corrected chi connectivity index (χ1v) is 6.43. The van der Waals surface area contributed by atoms with Crippen LogP contribution in [0, 0.1) is 0 Å². The molecular weight excluding hydrogens is 261 g/mol. The fraction of sp³-hybridized carbons (Fsp3) is 0.909. The van der Waals surface area contributed by atoms with Gasteiger partial charge in [0.25, 0.3) is 0 Å². The molecule has 19 heavy (non-hydrogen) atoms. The Morgan fingerprint density at radius 1 is 1.26 bits per heavy atom. The molecule has 1 aliphatic carbocycles. The van der Waals surface area contributed by atoms with Crippen molar-refractivity contribution in [3.63, 3.8) is 0 Å². The molecule has 1 saturated carbocycles. The summed E-state index contributed by atoms with van der Waals surface area (Å²) in [7, 11) is 0. The number of nitrogens with two attached hydrogens (primary N) is 1. The lowest BCUT2D eigenvalue weighted by Gasteiger charge is -2.24. The monoisotopic (exact) mass is 282 g/mol. The Balaban J connectivity index is 2.20. The van der Waals surface area contributed by atoms with Gasteiger partial charge >= 0.3 is 6.18 Å². The lowest BCUT2D eigenvalue weighted by molar-refractivity contribution is -0.173. The predicted molar refractivity (Wildman–Crippen MR) is 66.5 cm³/mol. The minimum Gasteiger partial charge on any atom is -0.370 e. The number of nitrogens with zero attached hydrogens (tertiary/aromatic N) is 1. The summed E-state index contributed by atoms with van der Waals surface area (Å²) in [6, 6.07) is 0.333. The summed E-state index contributed by atoms with van der Waals surface area (Å²) in [5, 5.41) is 3.15. The van der Waals surface area contributed by atoms with Crippen molar-refractivity contribution in [3.05, 3.63) is 0 Å². The quantitative estimate of drug-likeness (QED) is 0.234. The molecule has 4 N–H and O–H groups in total. The second kappa shape index (κ2) is 8.21. The van der Waals surface area contributed by atoms with E-state index in [4.69, 9.17) is 5.84 Å². The average Bonchev–Trinajstić information content (AvgIpc) is 2.37. The maximum absolute atomic E-state index is 11.8. The minimum atomic E-state index is -4.29. The summed E-state index contributed by atoms with van der Waals surface area (Å²) in [4.78, 5) is 4.03. The van der Waals surface area contributed by atoms with Gasteiger partial charge in [0, 0.05) is 6.04 Å². The van der Waals surface area contributed by atoms with Crippen LogP contribution < -0.4 is 16.6 Å². The number of aliphatic imine (C=N–C) groups is 1. The van der Waals surface area contributed by atoms with E-state index in [0.717, 1.165) is 12.8 Å². The highest BCUT2D eigenvalue weighted by atomic mass is 19.4. The average molecular weight is 282 g/mol. The van der Waals surface area contributed by atoms with Gasteiger partial charge in [-0.1, -0.05) is 19.3 Å². The number of alkyl halides is 3. The number of halogens is 3. The van der Waals surface area contributed by atoms with Gasteiger partial charge in [-0.25, -0.2) is 10.8 Å². The molecular formula is C11H21F3N4O. The van der Waals surface area contributed by atoms with Gasteiger partial charge in [0.2, 0.25) is 5.96 Å². The van der Waals surface area contributed by atoms with Crippen molar-refractivity contribution in [3.8, 4) is 0 Å². The molecule has 0 aliphatic heterocycles. The first kappa shape index (κ1) is 16.0. The molecule has 1 fully saturated rings. The molecule has 0 atom stereocenters. The number of hydrazine groups is 1. The number of guanidine groups is 1. The van der Waals surface area contributed by atoms with Gasteiger partial charge in [-0.2, -0.15) is 13.2 Å². The molecule has 0 spiro atoms. The van der Waals surface area contributed by atoms with Crippen LogP contribution in [0.3, 0.4) is 0 Å². The van der Waals surface area contributed by atoms with Crippen LogP contribution in [0.4, 0.5) is 13.2 Å². The Bertz CT molecular complexity index is 278. The highest BCUT2D eigenvalue weighted by molar-refractivity contribution is 5.79. The lowest BCUT2D eigenvalue weighted by Crippen LogP contribution is -2.47. The second-order valence-electron chi connectivity index (χ2n) is 4.52. The van der Waals surface area contributed by atoms with E-state index < -0.39 is 12.8 Å². The van der Waals surface area contributed by atoms with E-state index in [2.05, 4.69) is 20.5 Å². The Hall–Kier alpha value is -1.02. The van der Waals surface area contributed by atoms with Crippen molar-refractivity contribution in [2.24, 2.45) is 10.8 Å². The predicted octanol–water partition coefficient (Wildman–Crippen LogP) is 1.31.